The molecule has 0 radical (unpaired) electrons. The standard InChI is InChI=1S/C28H32O16/c1-8-17(32)21(36)23(38)26(41-8)16-12(40-2)6-13-15(19(16)34)20(35)27(25(42-13)9-3-4-10(30)11(31)5-9)44-28-24(39)22(37)18(33)14(7-29)43-28/h3-6,8,14,17-18,21-24,26,28-34,36-39H,7H2,1-2H3/t8-,14+,17-,18-,21+,22-,23-,24+,26-,28-/m0/s1. The maximum atomic E-state index is 14.1. The Morgan fingerprint density at radius 1 is 0.841 bits per heavy atom. The summed E-state index contributed by atoms with van der Waals surface area (Å²) in [5.41, 5.74) is -1.74. The van der Waals surface area contributed by atoms with Gasteiger partial charge in [-0.25, -0.2) is 0 Å². The van der Waals surface area contributed by atoms with Gasteiger partial charge in [0.05, 0.1) is 25.4 Å². The molecule has 3 aromatic rings. The van der Waals surface area contributed by atoms with Gasteiger partial charge in [-0.15, -0.1) is 0 Å². The summed E-state index contributed by atoms with van der Waals surface area (Å²) in [6.45, 7) is 0.611. The first kappa shape index (κ1) is 31.7. The third-order valence-corrected chi connectivity index (χ3v) is 7.79. The van der Waals surface area contributed by atoms with Crippen molar-refractivity contribution < 1.29 is 74.4 Å². The largest absolute Gasteiger partial charge is 0.506 e. The highest BCUT2D eigenvalue weighted by molar-refractivity contribution is 5.90. The van der Waals surface area contributed by atoms with E-state index in [2.05, 4.69) is 0 Å². The van der Waals surface area contributed by atoms with E-state index in [-0.39, 0.29) is 22.5 Å². The molecule has 2 fully saturated rings. The second-order valence-corrected chi connectivity index (χ2v) is 10.6. The molecule has 0 amide bonds. The fourth-order valence-corrected chi connectivity index (χ4v) is 5.29. The van der Waals surface area contributed by atoms with Gasteiger partial charge >= 0.3 is 0 Å². The first-order valence-corrected chi connectivity index (χ1v) is 13.4. The van der Waals surface area contributed by atoms with Gasteiger partial charge in [0, 0.05) is 11.6 Å². The van der Waals surface area contributed by atoms with Crippen LogP contribution < -0.4 is 14.9 Å². The predicted molar refractivity (Wildman–Crippen MR) is 145 cm³/mol. The maximum absolute atomic E-state index is 14.1. The van der Waals surface area contributed by atoms with Gasteiger partial charge < -0.3 is 74.4 Å². The van der Waals surface area contributed by atoms with E-state index in [9.17, 15) is 55.9 Å². The Bertz CT molecular complexity index is 1590. The van der Waals surface area contributed by atoms with Gasteiger partial charge in [0.15, 0.2) is 17.3 Å². The van der Waals surface area contributed by atoms with Crippen molar-refractivity contribution in [3.05, 3.63) is 40.1 Å². The zero-order valence-corrected chi connectivity index (χ0v) is 23.2. The summed E-state index contributed by atoms with van der Waals surface area (Å²) >= 11 is 0. The van der Waals surface area contributed by atoms with E-state index in [1.54, 1.807) is 0 Å². The summed E-state index contributed by atoms with van der Waals surface area (Å²) in [5.74, 6) is -3.26. The van der Waals surface area contributed by atoms with Gasteiger partial charge in [0.1, 0.15) is 71.3 Å². The highest BCUT2D eigenvalue weighted by Gasteiger charge is 2.47. The van der Waals surface area contributed by atoms with Gasteiger partial charge in [-0.05, 0) is 25.1 Å². The minimum Gasteiger partial charge on any atom is -0.506 e. The van der Waals surface area contributed by atoms with Gasteiger partial charge in [-0.1, -0.05) is 0 Å². The fourth-order valence-electron chi connectivity index (χ4n) is 5.29. The topological polar surface area (TPSA) is 269 Å². The van der Waals surface area contributed by atoms with E-state index in [0.29, 0.717) is 0 Å². The number of rotatable bonds is 6. The molecule has 2 saturated heterocycles. The molecule has 44 heavy (non-hydrogen) atoms. The monoisotopic (exact) mass is 624 g/mol. The molecule has 240 valence electrons. The number of hydrogen-bond donors (Lipinski definition) is 10. The Morgan fingerprint density at radius 2 is 1.52 bits per heavy atom. The quantitative estimate of drug-likeness (QED) is 0.137. The summed E-state index contributed by atoms with van der Waals surface area (Å²) in [4.78, 5) is 14.1. The molecule has 1 aromatic heterocycles. The number of aromatic hydroxyl groups is 3. The van der Waals surface area contributed by atoms with Crippen LogP contribution in [0.15, 0.2) is 33.5 Å². The van der Waals surface area contributed by atoms with Crippen LogP contribution >= 0.6 is 0 Å². The summed E-state index contributed by atoms with van der Waals surface area (Å²) in [7, 11) is 1.21. The van der Waals surface area contributed by atoms with Gasteiger partial charge in [0.2, 0.25) is 17.5 Å². The lowest BCUT2D eigenvalue weighted by Crippen LogP contribution is -2.60. The van der Waals surface area contributed by atoms with Crippen LogP contribution in [-0.4, -0.2) is 120 Å². The molecular weight excluding hydrogens is 592 g/mol. The number of phenols is 3. The van der Waals surface area contributed by atoms with Crippen LogP contribution in [0.3, 0.4) is 0 Å². The van der Waals surface area contributed by atoms with Crippen LogP contribution in [0.4, 0.5) is 0 Å². The Kier molecular flexibility index (Phi) is 8.65. The van der Waals surface area contributed by atoms with E-state index in [0.717, 1.165) is 12.1 Å². The molecule has 5 rings (SSSR count). The van der Waals surface area contributed by atoms with Crippen molar-refractivity contribution in [1.29, 1.82) is 0 Å². The lowest BCUT2D eigenvalue weighted by molar-refractivity contribution is -0.277. The predicted octanol–water partition coefficient (Wildman–Crippen LogP) is -1.69. The summed E-state index contributed by atoms with van der Waals surface area (Å²) in [5, 5.41) is 103. The number of ether oxygens (including phenoxy) is 4. The molecule has 16 heteroatoms. The van der Waals surface area contributed by atoms with Gasteiger partial charge in [-0.2, -0.15) is 0 Å². The van der Waals surface area contributed by atoms with Crippen molar-refractivity contribution in [3.8, 4) is 40.1 Å². The molecule has 16 nitrogen and oxygen atoms in total. The second kappa shape index (κ2) is 12.0. The van der Waals surface area contributed by atoms with Crippen LogP contribution in [0, 0.1) is 0 Å². The van der Waals surface area contributed by atoms with E-state index in [1.807, 2.05) is 0 Å². The molecule has 0 bridgehead atoms. The number of methoxy groups -OCH3 is 1. The Labute approximate surface area is 247 Å². The molecule has 0 spiro atoms. The van der Waals surface area contributed by atoms with Crippen LogP contribution in [0.25, 0.3) is 22.3 Å². The molecule has 0 saturated carbocycles. The van der Waals surface area contributed by atoms with E-state index in [4.69, 9.17) is 23.4 Å². The highest BCUT2D eigenvalue weighted by atomic mass is 16.7. The number of fused-ring (bicyclic) bond motifs is 1. The zero-order chi connectivity index (χ0) is 32.2. The lowest BCUT2D eigenvalue weighted by Gasteiger charge is -2.40. The summed E-state index contributed by atoms with van der Waals surface area (Å²) < 4.78 is 28.0. The van der Waals surface area contributed by atoms with Gasteiger partial charge in [-0.3, -0.25) is 4.79 Å². The van der Waals surface area contributed by atoms with Crippen LogP contribution in [0.2, 0.25) is 0 Å². The Morgan fingerprint density at radius 3 is 2.16 bits per heavy atom. The van der Waals surface area contributed by atoms with Crippen molar-refractivity contribution in [2.45, 2.75) is 68.1 Å². The van der Waals surface area contributed by atoms with E-state index < -0.39 is 107 Å². The summed E-state index contributed by atoms with van der Waals surface area (Å²) in [6.07, 6.45) is -16.3. The third-order valence-electron chi connectivity index (χ3n) is 7.79. The first-order chi connectivity index (χ1) is 20.8. The number of benzene rings is 2. The molecule has 2 aromatic carbocycles. The molecule has 3 heterocycles. The first-order valence-electron chi connectivity index (χ1n) is 13.4. The Balaban J connectivity index is 1.74. The van der Waals surface area contributed by atoms with Crippen molar-refractivity contribution in [2.24, 2.45) is 0 Å². The molecule has 0 aliphatic carbocycles. The van der Waals surface area contributed by atoms with Crippen molar-refractivity contribution in [3.63, 3.8) is 0 Å². The molecule has 0 unspecified atom stereocenters. The zero-order valence-electron chi connectivity index (χ0n) is 23.2. The minimum absolute atomic E-state index is 0.0432. The third kappa shape index (κ3) is 5.19. The normalized spacial score (nSPS) is 32.5. The average molecular weight is 625 g/mol. The molecule has 2 aliphatic rings. The van der Waals surface area contributed by atoms with E-state index in [1.165, 1.54) is 26.2 Å². The van der Waals surface area contributed by atoms with Crippen LogP contribution in [0.5, 0.6) is 28.7 Å². The lowest BCUT2D eigenvalue weighted by atomic mass is 9.90. The number of phenolic OH excluding ortho intramolecular Hbond substituents is 3. The van der Waals surface area contributed by atoms with Gasteiger partial charge in [0.25, 0.3) is 0 Å². The SMILES string of the molecule is COc1cc2oc(-c3ccc(O)c(O)c3)c(O[C@@H]3O[C@H](CO)[C@H](O)[C@H](O)[C@H]3O)c(=O)c2c(O)c1[C@@H]1O[C@@H](C)[C@H](O)[C@@H](O)[C@@H]1O. The second-order valence-electron chi connectivity index (χ2n) is 10.6. The smallest absolute Gasteiger partial charge is 0.239 e. The number of hydrogen-bond acceptors (Lipinski definition) is 16. The van der Waals surface area contributed by atoms with Crippen LogP contribution in [0.1, 0.15) is 18.6 Å². The molecule has 10 atom stereocenters. The minimum atomic E-state index is -1.95. The summed E-state index contributed by atoms with van der Waals surface area (Å²) in [6, 6.07) is 4.51. The molecule has 10 N–H and O–H groups in total. The molecule has 2 aliphatic heterocycles. The van der Waals surface area contributed by atoms with E-state index >= 15 is 0 Å². The number of aliphatic hydroxyl groups is 7. The average Bonchev–Trinajstić information content (AvgIpc) is 3.00. The van der Waals surface area contributed by atoms with Crippen molar-refractivity contribution >= 4 is 11.0 Å². The van der Waals surface area contributed by atoms with Crippen LogP contribution in [-0.2, 0) is 9.47 Å². The maximum Gasteiger partial charge on any atom is 0.239 e. The fraction of sp³-hybridized carbons (Fsp3) is 0.464. The Hall–Kier alpha value is -3.71. The molecular formula is C28H32O16. The van der Waals surface area contributed by atoms with Crippen molar-refractivity contribution in [1.82, 2.24) is 0 Å². The van der Waals surface area contributed by atoms with Crippen molar-refractivity contribution in [2.75, 3.05) is 13.7 Å². The number of aliphatic hydroxyl groups excluding tert-OH is 7. The highest BCUT2D eigenvalue weighted by Crippen LogP contribution is 2.46.